The van der Waals surface area contributed by atoms with E-state index >= 15 is 0 Å². The highest BCUT2D eigenvalue weighted by Gasteiger charge is 2.12. The van der Waals surface area contributed by atoms with Gasteiger partial charge in [-0.1, -0.05) is 28.1 Å². The summed E-state index contributed by atoms with van der Waals surface area (Å²) in [5.74, 6) is -1.31. The molecule has 0 bridgehead atoms. The molecule has 0 aliphatic rings. The van der Waals surface area contributed by atoms with Gasteiger partial charge in [-0.25, -0.2) is 0 Å². The monoisotopic (exact) mass is 446 g/mol. The molecule has 0 heterocycles. The maximum Gasteiger partial charge on any atom is 0.306 e. The van der Waals surface area contributed by atoms with E-state index in [2.05, 4.69) is 26.6 Å². The molecule has 0 saturated heterocycles. The fourth-order valence-corrected chi connectivity index (χ4v) is 2.94. The average Bonchev–Trinajstić information content (AvgIpc) is 2.63. The molecule has 2 rings (SSSR count). The van der Waals surface area contributed by atoms with Gasteiger partial charge in [-0.05, 0) is 61.7 Å². The maximum atomic E-state index is 12.0. The molecule has 28 heavy (non-hydrogen) atoms. The third kappa shape index (κ3) is 6.81. The number of halogens is 1. The highest BCUT2D eigenvalue weighted by molar-refractivity contribution is 9.10. The first-order valence-electron chi connectivity index (χ1n) is 8.83. The lowest BCUT2D eigenvalue weighted by molar-refractivity contribution is -0.147. The Balaban J connectivity index is 1.74. The molecule has 0 atom stereocenters. The number of hydrogen-bond acceptors (Lipinski definition) is 4. The Morgan fingerprint density at radius 3 is 2.39 bits per heavy atom. The summed E-state index contributed by atoms with van der Waals surface area (Å²) in [7, 11) is 0. The normalized spacial score (nSPS) is 10.3. The molecule has 6 nitrogen and oxygen atoms in total. The van der Waals surface area contributed by atoms with Gasteiger partial charge in [-0.2, -0.15) is 0 Å². The molecule has 0 spiro atoms. The number of ether oxygens (including phenoxy) is 1. The van der Waals surface area contributed by atoms with E-state index in [1.807, 2.05) is 51.1 Å². The van der Waals surface area contributed by atoms with Gasteiger partial charge in [0, 0.05) is 22.3 Å². The van der Waals surface area contributed by atoms with Crippen LogP contribution in [0, 0.1) is 20.8 Å². The Bertz CT molecular complexity index is 896. The minimum Gasteiger partial charge on any atom is -0.456 e. The Kier molecular flexibility index (Phi) is 7.75. The first-order chi connectivity index (χ1) is 13.2. The number of benzene rings is 2. The number of nitrogens with one attached hydrogen (secondary N) is 2. The van der Waals surface area contributed by atoms with E-state index < -0.39 is 18.5 Å². The first-order valence-corrected chi connectivity index (χ1v) is 9.62. The van der Waals surface area contributed by atoms with Crippen LogP contribution >= 0.6 is 15.9 Å². The molecule has 2 aromatic carbocycles. The molecule has 0 aliphatic carbocycles. The zero-order valence-corrected chi connectivity index (χ0v) is 17.7. The van der Waals surface area contributed by atoms with Crippen molar-refractivity contribution in [3.8, 4) is 0 Å². The summed E-state index contributed by atoms with van der Waals surface area (Å²) in [4.78, 5) is 35.7. The fraction of sp³-hybridized carbons (Fsp3) is 0.286. The molecule has 0 radical (unpaired) electrons. The number of carbonyl (C=O) groups excluding carboxylic acids is 3. The van der Waals surface area contributed by atoms with Gasteiger partial charge in [0.25, 0.3) is 5.91 Å². The molecule has 2 N–H and O–H groups in total. The molecule has 2 amide bonds. The summed E-state index contributed by atoms with van der Waals surface area (Å²) in [5, 5.41) is 5.44. The topological polar surface area (TPSA) is 84.5 Å². The molecule has 0 aliphatic heterocycles. The van der Waals surface area contributed by atoms with E-state index in [1.165, 1.54) is 0 Å². The van der Waals surface area contributed by atoms with Gasteiger partial charge in [-0.15, -0.1) is 0 Å². The minimum atomic E-state index is -0.599. The van der Waals surface area contributed by atoms with Gasteiger partial charge in [-0.3, -0.25) is 14.4 Å². The minimum absolute atomic E-state index is 0.0145. The van der Waals surface area contributed by atoms with Crippen LogP contribution in [0.5, 0.6) is 0 Å². The smallest absolute Gasteiger partial charge is 0.306 e. The Morgan fingerprint density at radius 1 is 0.929 bits per heavy atom. The third-order valence-electron chi connectivity index (χ3n) is 4.00. The highest BCUT2D eigenvalue weighted by atomic mass is 79.9. The SMILES string of the molecule is Cc1cccc(NC(=O)CCC(=O)OCC(=O)Nc2cc(C)c(Br)cc2C)c1. The molecule has 148 valence electrons. The van der Waals surface area contributed by atoms with E-state index in [1.54, 1.807) is 6.07 Å². The molecule has 0 saturated carbocycles. The zero-order chi connectivity index (χ0) is 20.7. The number of esters is 1. The van der Waals surface area contributed by atoms with Gasteiger partial charge in [0.05, 0.1) is 6.42 Å². The Hall–Kier alpha value is -2.67. The summed E-state index contributed by atoms with van der Waals surface area (Å²) < 4.78 is 5.91. The molecule has 0 aromatic heterocycles. The molecular formula is C21H23BrN2O4. The first kappa shape index (κ1) is 21.6. The summed E-state index contributed by atoms with van der Waals surface area (Å²) >= 11 is 3.43. The van der Waals surface area contributed by atoms with E-state index in [0.717, 1.165) is 21.2 Å². The van der Waals surface area contributed by atoms with Crippen LogP contribution in [0.4, 0.5) is 11.4 Å². The maximum absolute atomic E-state index is 12.0. The standard InChI is InChI=1S/C21H23BrN2O4/c1-13-5-4-6-16(9-13)23-19(25)7-8-21(27)28-12-20(26)24-18-11-14(2)17(22)10-15(18)3/h4-6,9-11H,7-8,12H2,1-3H3,(H,23,25)(H,24,26). The quantitative estimate of drug-likeness (QED) is 0.621. The van der Waals surface area contributed by atoms with Crippen molar-refractivity contribution >= 4 is 45.1 Å². The van der Waals surface area contributed by atoms with Crippen molar-refractivity contribution in [3.63, 3.8) is 0 Å². The van der Waals surface area contributed by atoms with Crippen LogP contribution in [-0.2, 0) is 19.1 Å². The lowest BCUT2D eigenvalue weighted by Gasteiger charge is -2.11. The number of carbonyl (C=O) groups is 3. The Morgan fingerprint density at radius 2 is 1.68 bits per heavy atom. The largest absolute Gasteiger partial charge is 0.456 e. The Labute approximate surface area is 172 Å². The van der Waals surface area contributed by atoms with Gasteiger partial charge < -0.3 is 15.4 Å². The van der Waals surface area contributed by atoms with Crippen molar-refractivity contribution in [3.05, 3.63) is 57.6 Å². The van der Waals surface area contributed by atoms with Gasteiger partial charge in [0.1, 0.15) is 0 Å². The third-order valence-corrected chi connectivity index (χ3v) is 4.86. The number of amides is 2. The van der Waals surface area contributed by atoms with Crippen LogP contribution < -0.4 is 10.6 Å². The van der Waals surface area contributed by atoms with E-state index in [0.29, 0.717) is 11.4 Å². The molecule has 7 heteroatoms. The molecule has 0 unspecified atom stereocenters. The number of anilines is 2. The predicted octanol–water partition coefficient (Wildman–Crippen LogP) is 4.27. The number of aryl methyl sites for hydroxylation is 3. The fourth-order valence-electron chi connectivity index (χ4n) is 2.48. The number of rotatable bonds is 7. The second-order valence-corrected chi connectivity index (χ2v) is 7.40. The van der Waals surface area contributed by atoms with Crippen LogP contribution in [0.25, 0.3) is 0 Å². The predicted molar refractivity (Wildman–Crippen MR) is 112 cm³/mol. The average molecular weight is 447 g/mol. The van der Waals surface area contributed by atoms with Crippen molar-refractivity contribution < 1.29 is 19.1 Å². The number of hydrogen-bond donors (Lipinski definition) is 2. The highest BCUT2D eigenvalue weighted by Crippen LogP contribution is 2.24. The van der Waals surface area contributed by atoms with Gasteiger partial charge in [0.2, 0.25) is 5.91 Å². The summed E-state index contributed by atoms with van der Waals surface area (Å²) in [5.41, 5.74) is 4.25. The van der Waals surface area contributed by atoms with Crippen molar-refractivity contribution in [2.24, 2.45) is 0 Å². The van der Waals surface area contributed by atoms with Gasteiger partial charge >= 0.3 is 5.97 Å². The van der Waals surface area contributed by atoms with Crippen LogP contribution in [0.3, 0.4) is 0 Å². The molecular weight excluding hydrogens is 424 g/mol. The lowest BCUT2D eigenvalue weighted by Crippen LogP contribution is -2.22. The lowest BCUT2D eigenvalue weighted by atomic mass is 10.1. The molecule has 0 fully saturated rings. The van der Waals surface area contributed by atoms with Crippen LogP contribution in [-0.4, -0.2) is 24.4 Å². The summed E-state index contributed by atoms with van der Waals surface area (Å²) in [6.45, 7) is 5.32. The second kappa shape index (κ2) is 10.0. The van der Waals surface area contributed by atoms with Crippen molar-refractivity contribution in [1.29, 1.82) is 0 Å². The zero-order valence-electron chi connectivity index (χ0n) is 16.1. The van der Waals surface area contributed by atoms with Crippen LogP contribution in [0.1, 0.15) is 29.5 Å². The summed E-state index contributed by atoms with van der Waals surface area (Å²) in [6.07, 6.45) is -0.110. The second-order valence-electron chi connectivity index (χ2n) is 6.54. The van der Waals surface area contributed by atoms with Crippen LogP contribution in [0.2, 0.25) is 0 Å². The van der Waals surface area contributed by atoms with E-state index in [-0.39, 0.29) is 18.7 Å². The van der Waals surface area contributed by atoms with Crippen LogP contribution in [0.15, 0.2) is 40.9 Å². The summed E-state index contributed by atoms with van der Waals surface area (Å²) in [6, 6.07) is 11.1. The van der Waals surface area contributed by atoms with Crippen molar-refractivity contribution in [1.82, 2.24) is 0 Å². The van der Waals surface area contributed by atoms with Gasteiger partial charge in [0.15, 0.2) is 6.61 Å². The van der Waals surface area contributed by atoms with Crippen molar-refractivity contribution in [2.45, 2.75) is 33.6 Å². The van der Waals surface area contributed by atoms with E-state index in [4.69, 9.17) is 4.74 Å². The van der Waals surface area contributed by atoms with E-state index in [9.17, 15) is 14.4 Å². The van der Waals surface area contributed by atoms with Crippen molar-refractivity contribution in [2.75, 3.05) is 17.2 Å². The molecule has 2 aromatic rings.